The molecule has 2 aliphatic rings. The Hall–Kier alpha value is -3.14. The van der Waals surface area contributed by atoms with Crippen molar-refractivity contribution >= 4 is 28.4 Å². The summed E-state index contributed by atoms with van der Waals surface area (Å²) in [4.78, 5) is 29.6. The quantitative estimate of drug-likeness (QED) is 0.636. The second-order valence-corrected chi connectivity index (χ2v) is 9.37. The van der Waals surface area contributed by atoms with Crippen molar-refractivity contribution in [3.63, 3.8) is 0 Å². The second-order valence-electron chi connectivity index (χ2n) is 9.37. The van der Waals surface area contributed by atoms with E-state index in [1.54, 1.807) is 23.1 Å². The number of pyridine rings is 1. The van der Waals surface area contributed by atoms with Crippen molar-refractivity contribution in [1.29, 1.82) is 0 Å². The van der Waals surface area contributed by atoms with E-state index < -0.39 is 5.67 Å². The number of anilines is 2. The van der Waals surface area contributed by atoms with Gasteiger partial charge in [0.2, 0.25) is 5.91 Å². The Labute approximate surface area is 192 Å². The van der Waals surface area contributed by atoms with Crippen LogP contribution in [0.5, 0.6) is 0 Å². The molecule has 10 heteroatoms. The van der Waals surface area contributed by atoms with Gasteiger partial charge in [-0.25, -0.2) is 19.0 Å². The van der Waals surface area contributed by atoms with Gasteiger partial charge in [0, 0.05) is 38.3 Å². The highest BCUT2D eigenvalue weighted by atomic mass is 19.1. The van der Waals surface area contributed by atoms with E-state index in [-0.39, 0.29) is 11.6 Å². The van der Waals surface area contributed by atoms with Gasteiger partial charge in [-0.3, -0.25) is 14.7 Å². The van der Waals surface area contributed by atoms with Gasteiger partial charge in [-0.05, 0) is 46.2 Å². The number of likely N-dealkylation sites (tertiary alicyclic amines) is 1. The fourth-order valence-electron chi connectivity index (χ4n) is 4.73. The largest absolute Gasteiger partial charge is 0.353 e. The van der Waals surface area contributed by atoms with E-state index in [9.17, 15) is 9.18 Å². The van der Waals surface area contributed by atoms with E-state index in [1.165, 1.54) is 39.8 Å². The normalized spacial score (nSPS) is 19.5. The molecule has 1 atom stereocenters. The Morgan fingerprint density at radius 3 is 2.70 bits per heavy atom. The number of amides is 1. The van der Waals surface area contributed by atoms with E-state index in [4.69, 9.17) is 5.10 Å². The number of hydrogen-bond donors (Lipinski definition) is 1. The zero-order valence-corrected chi connectivity index (χ0v) is 19.3. The predicted molar refractivity (Wildman–Crippen MR) is 124 cm³/mol. The molecule has 5 rings (SSSR count). The van der Waals surface area contributed by atoms with Gasteiger partial charge in [0.1, 0.15) is 11.5 Å². The average molecular weight is 453 g/mol. The fraction of sp³-hybridized carbons (Fsp3) is 0.522. The Bertz CT molecular complexity index is 1180. The Kier molecular flexibility index (Phi) is 5.48. The summed E-state index contributed by atoms with van der Waals surface area (Å²) in [5, 5.41) is 8.48. The van der Waals surface area contributed by atoms with Crippen molar-refractivity contribution in [1.82, 2.24) is 29.6 Å². The number of nitrogens with zero attached hydrogens (tertiary/aromatic N) is 7. The molecular weight excluding hydrogens is 423 g/mol. The minimum Gasteiger partial charge on any atom is -0.353 e. The van der Waals surface area contributed by atoms with Crippen LogP contribution >= 0.6 is 0 Å². The first-order valence-electron chi connectivity index (χ1n) is 11.5. The highest BCUT2D eigenvalue weighted by Gasteiger charge is 2.32. The number of nitrogens with one attached hydrogen (secondary N) is 1. The standard InChI is InChI=1S/C23H29FN8O/c1-15(33)27-20-10-18-17(11-26-20)22(31-9-6-16(14-31)30-7-4-5-8-30)29-32(18)21-13-25-12-19(28-21)23(2,3)24/h10-13,16H,4-9,14H2,1-3H3,(H,26,27,33)/t16-/m1/s1. The molecule has 0 aliphatic carbocycles. The van der Waals surface area contributed by atoms with E-state index in [1.807, 2.05) is 0 Å². The lowest BCUT2D eigenvalue weighted by atomic mass is 10.1. The molecule has 3 aromatic rings. The van der Waals surface area contributed by atoms with Crippen molar-refractivity contribution < 1.29 is 9.18 Å². The molecule has 5 heterocycles. The molecule has 9 nitrogen and oxygen atoms in total. The fourth-order valence-corrected chi connectivity index (χ4v) is 4.73. The lowest BCUT2D eigenvalue weighted by Gasteiger charge is -2.23. The maximum atomic E-state index is 14.6. The molecule has 0 radical (unpaired) electrons. The van der Waals surface area contributed by atoms with Gasteiger partial charge in [-0.15, -0.1) is 5.10 Å². The minimum atomic E-state index is -1.63. The maximum absolute atomic E-state index is 14.6. The summed E-state index contributed by atoms with van der Waals surface area (Å²) in [6, 6.07) is 2.30. The summed E-state index contributed by atoms with van der Waals surface area (Å²) < 4.78 is 16.2. The first-order chi connectivity index (χ1) is 15.8. The van der Waals surface area contributed by atoms with Gasteiger partial charge >= 0.3 is 0 Å². The molecule has 0 aromatic carbocycles. The summed E-state index contributed by atoms with van der Waals surface area (Å²) in [6.45, 7) is 8.49. The average Bonchev–Trinajstić information content (AvgIpc) is 3.51. The van der Waals surface area contributed by atoms with Crippen LogP contribution < -0.4 is 10.2 Å². The molecular formula is C23H29FN8O. The van der Waals surface area contributed by atoms with Crippen molar-refractivity contribution in [2.24, 2.45) is 0 Å². The number of carbonyl (C=O) groups excluding carboxylic acids is 1. The van der Waals surface area contributed by atoms with Gasteiger partial charge in [-0.2, -0.15) is 0 Å². The maximum Gasteiger partial charge on any atom is 0.222 e. The molecule has 2 saturated heterocycles. The molecule has 33 heavy (non-hydrogen) atoms. The molecule has 0 spiro atoms. The van der Waals surface area contributed by atoms with E-state index in [2.05, 4.69) is 30.1 Å². The van der Waals surface area contributed by atoms with E-state index >= 15 is 0 Å². The van der Waals surface area contributed by atoms with Crippen molar-refractivity contribution in [3.05, 3.63) is 30.4 Å². The highest BCUT2D eigenvalue weighted by Crippen LogP contribution is 2.33. The van der Waals surface area contributed by atoms with Crippen molar-refractivity contribution in [3.8, 4) is 5.82 Å². The van der Waals surface area contributed by atoms with Gasteiger partial charge < -0.3 is 10.2 Å². The zero-order valence-electron chi connectivity index (χ0n) is 19.3. The lowest BCUT2D eigenvalue weighted by molar-refractivity contribution is -0.114. The van der Waals surface area contributed by atoms with Crippen LogP contribution in [0.1, 0.15) is 45.7 Å². The van der Waals surface area contributed by atoms with Crippen LogP contribution in [0.2, 0.25) is 0 Å². The smallest absolute Gasteiger partial charge is 0.222 e. The highest BCUT2D eigenvalue weighted by molar-refractivity contribution is 5.95. The summed E-state index contributed by atoms with van der Waals surface area (Å²) >= 11 is 0. The third kappa shape index (κ3) is 4.27. The molecule has 2 fully saturated rings. The Morgan fingerprint density at radius 1 is 1.18 bits per heavy atom. The summed E-state index contributed by atoms with van der Waals surface area (Å²) in [6.07, 6.45) is 8.37. The molecule has 0 bridgehead atoms. The molecule has 3 aromatic heterocycles. The number of carbonyl (C=O) groups is 1. The van der Waals surface area contributed by atoms with Crippen LogP contribution in [-0.2, 0) is 10.5 Å². The topological polar surface area (TPSA) is 92.1 Å². The zero-order chi connectivity index (χ0) is 23.2. The monoisotopic (exact) mass is 452 g/mol. The molecule has 0 saturated carbocycles. The van der Waals surface area contributed by atoms with Crippen molar-refractivity contribution in [2.75, 3.05) is 36.4 Å². The molecule has 2 aliphatic heterocycles. The number of hydrogen-bond acceptors (Lipinski definition) is 7. The summed E-state index contributed by atoms with van der Waals surface area (Å²) in [7, 11) is 0. The first-order valence-corrected chi connectivity index (χ1v) is 11.5. The van der Waals surface area contributed by atoms with Gasteiger partial charge in [0.15, 0.2) is 11.6 Å². The van der Waals surface area contributed by atoms with Crippen LogP contribution in [0.3, 0.4) is 0 Å². The SMILES string of the molecule is CC(=O)Nc1cc2c(cn1)c(N1CC[C@@H](N3CCCC3)C1)nn2-c1cncc(C(C)(C)F)n1. The molecule has 174 valence electrons. The third-order valence-corrected chi connectivity index (χ3v) is 6.42. The summed E-state index contributed by atoms with van der Waals surface area (Å²) in [5.41, 5.74) is -0.664. The first kappa shape index (κ1) is 21.7. The number of halogens is 1. The number of aromatic nitrogens is 5. The summed E-state index contributed by atoms with van der Waals surface area (Å²) in [5.74, 6) is 1.46. The number of alkyl halides is 1. The van der Waals surface area contributed by atoms with Gasteiger partial charge in [0.25, 0.3) is 0 Å². The Morgan fingerprint density at radius 2 is 1.97 bits per heavy atom. The van der Waals surface area contributed by atoms with Crippen molar-refractivity contribution in [2.45, 2.75) is 51.7 Å². The minimum absolute atomic E-state index is 0.206. The van der Waals surface area contributed by atoms with Crippen LogP contribution in [0.4, 0.5) is 16.0 Å². The number of fused-ring (bicyclic) bond motifs is 1. The molecule has 1 amide bonds. The van der Waals surface area contributed by atoms with Gasteiger partial charge in [-0.1, -0.05) is 0 Å². The second kappa shape index (κ2) is 8.33. The van der Waals surface area contributed by atoms with Crippen LogP contribution in [0, 0.1) is 0 Å². The predicted octanol–water partition coefficient (Wildman–Crippen LogP) is 3.05. The van der Waals surface area contributed by atoms with Crippen LogP contribution in [0.15, 0.2) is 24.7 Å². The number of rotatable bonds is 5. The molecule has 1 N–H and O–H groups in total. The lowest BCUT2D eigenvalue weighted by Crippen LogP contribution is -2.35. The van der Waals surface area contributed by atoms with Crippen LogP contribution in [-0.4, -0.2) is 67.8 Å². The van der Waals surface area contributed by atoms with Gasteiger partial charge in [0.05, 0.1) is 29.0 Å². The van der Waals surface area contributed by atoms with Crippen LogP contribution in [0.25, 0.3) is 16.7 Å². The van der Waals surface area contributed by atoms with E-state index in [0.29, 0.717) is 17.7 Å². The Balaban J connectivity index is 1.57. The molecule has 0 unspecified atom stereocenters. The third-order valence-electron chi connectivity index (χ3n) is 6.42. The van der Waals surface area contributed by atoms with E-state index in [0.717, 1.165) is 49.3 Å².